The van der Waals surface area contributed by atoms with Gasteiger partial charge in [0.2, 0.25) is 5.91 Å². The minimum absolute atomic E-state index is 0.147. The largest absolute Gasteiger partial charge is 0.463 e. The van der Waals surface area contributed by atoms with Gasteiger partial charge in [-0.1, -0.05) is 12.1 Å². The van der Waals surface area contributed by atoms with Crippen molar-refractivity contribution in [3.05, 3.63) is 71.3 Å². The van der Waals surface area contributed by atoms with E-state index in [2.05, 4.69) is 15.3 Å². The molecule has 0 fully saturated rings. The van der Waals surface area contributed by atoms with E-state index in [9.17, 15) is 9.59 Å². The summed E-state index contributed by atoms with van der Waals surface area (Å²) in [6, 6.07) is 10.5. The molecule has 0 bridgehead atoms. The molecule has 3 heterocycles. The number of hydrogen-bond acceptors (Lipinski definition) is 6. The molecule has 130 valence electrons. The molecule has 8 nitrogen and oxygen atoms in total. The second kappa shape index (κ2) is 6.67. The standard InChI is InChI=1S/C18H14N4O4/c23-16(11-22-13-4-1-2-5-14(13)26-18(22)24)21-10-12-17(20-8-7-19-12)15-6-3-9-25-15/h1-9H,10-11H2,(H,21,23). The summed E-state index contributed by atoms with van der Waals surface area (Å²) in [6.07, 6.45) is 4.64. The summed E-state index contributed by atoms with van der Waals surface area (Å²) in [6.45, 7) is 0.0133. The Balaban J connectivity index is 1.50. The molecule has 0 saturated heterocycles. The number of hydrogen-bond donors (Lipinski definition) is 1. The Hall–Kier alpha value is -3.68. The molecular formula is C18H14N4O4. The zero-order chi connectivity index (χ0) is 17.9. The molecule has 0 aliphatic carbocycles. The summed E-state index contributed by atoms with van der Waals surface area (Å²) in [5, 5.41) is 2.75. The molecule has 0 saturated carbocycles. The molecule has 1 amide bonds. The number of furan rings is 1. The van der Waals surface area contributed by atoms with Crippen molar-refractivity contribution in [2.75, 3.05) is 0 Å². The van der Waals surface area contributed by atoms with Crippen molar-refractivity contribution in [2.24, 2.45) is 0 Å². The van der Waals surface area contributed by atoms with Crippen LogP contribution in [0.2, 0.25) is 0 Å². The molecule has 1 N–H and O–H groups in total. The Bertz CT molecular complexity index is 1110. The molecule has 4 aromatic rings. The third kappa shape index (κ3) is 3.00. The van der Waals surface area contributed by atoms with Crippen LogP contribution < -0.4 is 11.1 Å². The van der Waals surface area contributed by atoms with Crippen LogP contribution in [0.3, 0.4) is 0 Å². The Morgan fingerprint density at radius 1 is 1.12 bits per heavy atom. The maximum absolute atomic E-state index is 12.3. The van der Waals surface area contributed by atoms with E-state index in [0.29, 0.717) is 28.2 Å². The van der Waals surface area contributed by atoms with Crippen LogP contribution in [0.15, 0.2) is 68.7 Å². The lowest BCUT2D eigenvalue weighted by Gasteiger charge is -2.08. The van der Waals surface area contributed by atoms with E-state index in [4.69, 9.17) is 8.83 Å². The van der Waals surface area contributed by atoms with Crippen LogP contribution >= 0.6 is 0 Å². The van der Waals surface area contributed by atoms with Gasteiger partial charge in [-0.15, -0.1) is 0 Å². The van der Waals surface area contributed by atoms with E-state index < -0.39 is 5.76 Å². The van der Waals surface area contributed by atoms with Crippen molar-refractivity contribution in [1.82, 2.24) is 19.9 Å². The highest BCUT2D eigenvalue weighted by Crippen LogP contribution is 2.19. The third-order valence-electron chi connectivity index (χ3n) is 3.86. The van der Waals surface area contributed by atoms with Gasteiger partial charge in [0.1, 0.15) is 12.2 Å². The number of para-hydroxylation sites is 2. The fourth-order valence-corrected chi connectivity index (χ4v) is 2.66. The molecule has 4 rings (SSSR count). The number of amides is 1. The summed E-state index contributed by atoms with van der Waals surface area (Å²) < 4.78 is 11.8. The van der Waals surface area contributed by atoms with Crippen molar-refractivity contribution in [2.45, 2.75) is 13.1 Å². The smallest absolute Gasteiger partial charge is 0.420 e. The molecule has 3 aromatic heterocycles. The van der Waals surface area contributed by atoms with Gasteiger partial charge in [0.05, 0.1) is 24.0 Å². The lowest BCUT2D eigenvalue weighted by molar-refractivity contribution is -0.121. The monoisotopic (exact) mass is 350 g/mol. The zero-order valence-electron chi connectivity index (χ0n) is 13.6. The molecule has 0 radical (unpaired) electrons. The lowest BCUT2D eigenvalue weighted by atomic mass is 10.2. The average molecular weight is 350 g/mol. The van der Waals surface area contributed by atoms with Gasteiger partial charge < -0.3 is 14.2 Å². The predicted octanol–water partition coefficient (Wildman–Crippen LogP) is 1.96. The van der Waals surface area contributed by atoms with Gasteiger partial charge in [-0.3, -0.25) is 14.3 Å². The highest BCUT2D eigenvalue weighted by molar-refractivity contribution is 5.79. The van der Waals surface area contributed by atoms with E-state index in [1.54, 1.807) is 55.1 Å². The molecule has 0 aliphatic rings. The highest BCUT2D eigenvalue weighted by Gasteiger charge is 2.14. The van der Waals surface area contributed by atoms with E-state index in [-0.39, 0.29) is 19.0 Å². The van der Waals surface area contributed by atoms with Gasteiger partial charge in [0.25, 0.3) is 0 Å². The minimum atomic E-state index is -0.572. The Morgan fingerprint density at radius 2 is 1.96 bits per heavy atom. The van der Waals surface area contributed by atoms with Gasteiger partial charge >= 0.3 is 5.76 Å². The van der Waals surface area contributed by atoms with Gasteiger partial charge in [0, 0.05) is 12.4 Å². The minimum Gasteiger partial charge on any atom is -0.463 e. The van der Waals surface area contributed by atoms with Crippen LogP contribution in [-0.4, -0.2) is 20.4 Å². The second-order valence-electron chi connectivity index (χ2n) is 5.53. The highest BCUT2D eigenvalue weighted by atomic mass is 16.4. The summed E-state index contributed by atoms with van der Waals surface area (Å²) in [7, 11) is 0. The molecule has 0 aliphatic heterocycles. The van der Waals surface area contributed by atoms with Crippen LogP contribution in [0.25, 0.3) is 22.6 Å². The maximum Gasteiger partial charge on any atom is 0.420 e. The SMILES string of the molecule is O=C(Cn1c(=O)oc2ccccc21)NCc1nccnc1-c1ccco1. The number of oxazole rings is 1. The van der Waals surface area contributed by atoms with Crippen LogP contribution in [0, 0.1) is 0 Å². The van der Waals surface area contributed by atoms with Gasteiger partial charge in [-0.25, -0.2) is 9.78 Å². The maximum atomic E-state index is 12.3. The first kappa shape index (κ1) is 15.8. The first-order chi connectivity index (χ1) is 12.7. The van der Waals surface area contributed by atoms with Crippen molar-refractivity contribution < 1.29 is 13.6 Å². The van der Waals surface area contributed by atoms with Crippen molar-refractivity contribution in [1.29, 1.82) is 0 Å². The van der Waals surface area contributed by atoms with E-state index in [0.717, 1.165) is 0 Å². The summed E-state index contributed by atoms with van der Waals surface area (Å²) >= 11 is 0. The molecule has 0 atom stereocenters. The lowest BCUT2D eigenvalue weighted by Crippen LogP contribution is -2.30. The number of nitrogens with one attached hydrogen (secondary N) is 1. The zero-order valence-corrected chi connectivity index (χ0v) is 13.6. The third-order valence-corrected chi connectivity index (χ3v) is 3.86. The predicted molar refractivity (Wildman–Crippen MR) is 92.1 cm³/mol. The molecule has 0 spiro atoms. The van der Waals surface area contributed by atoms with Crippen molar-refractivity contribution in [3.8, 4) is 11.5 Å². The van der Waals surface area contributed by atoms with Gasteiger partial charge in [-0.05, 0) is 24.3 Å². The fraction of sp³-hybridized carbons (Fsp3) is 0.111. The first-order valence-corrected chi connectivity index (χ1v) is 7.91. The first-order valence-electron chi connectivity index (χ1n) is 7.91. The van der Waals surface area contributed by atoms with Gasteiger partial charge in [0.15, 0.2) is 11.3 Å². The van der Waals surface area contributed by atoms with E-state index in [1.807, 2.05) is 0 Å². The number of rotatable bonds is 5. The number of carbonyl (C=O) groups is 1. The summed E-state index contributed by atoms with van der Waals surface area (Å²) in [5.41, 5.74) is 2.15. The van der Waals surface area contributed by atoms with Crippen LogP contribution in [-0.2, 0) is 17.9 Å². The summed E-state index contributed by atoms with van der Waals surface area (Å²) in [4.78, 5) is 32.7. The van der Waals surface area contributed by atoms with Crippen molar-refractivity contribution >= 4 is 17.0 Å². The topological polar surface area (TPSA) is 103 Å². The summed E-state index contributed by atoms with van der Waals surface area (Å²) in [5.74, 6) is -0.341. The molecule has 8 heteroatoms. The second-order valence-corrected chi connectivity index (χ2v) is 5.53. The number of benzene rings is 1. The van der Waals surface area contributed by atoms with Crippen LogP contribution in [0.4, 0.5) is 0 Å². The number of carbonyl (C=O) groups excluding carboxylic acids is 1. The molecular weight excluding hydrogens is 336 g/mol. The van der Waals surface area contributed by atoms with E-state index in [1.165, 1.54) is 4.57 Å². The Labute approximate surface area is 147 Å². The quantitative estimate of drug-likeness (QED) is 0.590. The fourth-order valence-electron chi connectivity index (χ4n) is 2.66. The Kier molecular flexibility index (Phi) is 4.06. The Morgan fingerprint density at radius 3 is 2.81 bits per heavy atom. The average Bonchev–Trinajstić information content (AvgIpc) is 3.29. The number of nitrogens with zero attached hydrogens (tertiary/aromatic N) is 3. The number of fused-ring (bicyclic) bond motifs is 1. The molecule has 1 aromatic carbocycles. The van der Waals surface area contributed by atoms with Gasteiger partial charge in [-0.2, -0.15) is 0 Å². The van der Waals surface area contributed by atoms with Crippen LogP contribution in [0.5, 0.6) is 0 Å². The van der Waals surface area contributed by atoms with Crippen molar-refractivity contribution in [3.63, 3.8) is 0 Å². The van der Waals surface area contributed by atoms with Crippen LogP contribution in [0.1, 0.15) is 5.69 Å². The molecule has 0 unspecified atom stereocenters. The number of aromatic nitrogens is 3. The van der Waals surface area contributed by atoms with E-state index >= 15 is 0 Å². The normalized spacial score (nSPS) is 10.9. The molecule has 26 heavy (non-hydrogen) atoms.